The third-order valence-electron chi connectivity index (χ3n) is 4.01. The molecule has 1 aromatic carbocycles. The molecule has 0 spiro atoms. The van der Waals surface area contributed by atoms with Crippen molar-refractivity contribution in [2.45, 2.75) is 17.7 Å². The Bertz CT molecular complexity index is 550. The first kappa shape index (κ1) is 11.9. The Morgan fingerprint density at radius 2 is 1.89 bits per heavy atom. The number of hydrogen-bond donors (Lipinski definition) is 1. The lowest BCUT2D eigenvalue weighted by Gasteiger charge is -2.18. The fourth-order valence-electron chi connectivity index (χ4n) is 3.03. The monoisotopic (exact) mass is 263 g/mol. The average Bonchev–Trinajstić information content (AvgIpc) is 3.00. The second kappa shape index (κ2) is 4.52. The van der Waals surface area contributed by atoms with Gasteiger partial charge < -0.3 is 0 Å². The Kier molecular flexibility index (Phi) is 2.99. The van der Waals surface area contributed by atoms with Crippen molar-refractivity contribution in [3.8, 4) is 0 Å². The highest BCUT2D eigenvalue weighted by Gasteiger charge is 2.35. The minimum atomic E-state index is -3.34. The minimum absolute atomic E-state index is 0.351. The molecule has 18 heavy (non-hydrogen) atoms. The zero-order valence-corrected chi connectivity index (χ0v) is 10.9. The summed E-state index contributed by atoms with van der Waals surface area (Å²) in [5, 5.41) is 0. The third kappa shape index (κ3) is 2.22. The first-order chi connectivity index (χ1) is 8.65. The quantitative estimate of drug-likeness (QED) is 0.846. The van der Waals surface area contributed by atoms with Crippen molar-refractivity contribution in [3.63, 3.8) is 0 Å². The highest BCUT2D eigenvalue weighted by Crippen LogP contribution is 2.43. The Hall–Kier alpha value is -1.13. The Labute approximate surface area is 108 Å². The van der Waals surface area contributed by atoms with Crippen molar-refractivity contribution in [1.29, 1.82) is 0 Å². The molecule has 3 nitrogen and oxygen atoms in total. The number of sulfonamides is 1. The van der Waals surface area contributed by atoms with Crippen LogP contribution in [0.25, 0.3) is 0 Å². The molecule has 2 bridgehead atoms. The van der Waals surface area contributed by atoms with Gasteiger partial charge in [-0.3, -0.25) is 0 Å². The molecule has 3 atom stereocenters. The molecule has 1 N–H and O–H groups in total. The number of fused-ring (bicyclic) bond motifs is 2. The third-order valence-corrected chi connectivity index (χ3v) is 5.44. The highest BCUT2D eigenvalue weighted by atomic mass is 32.2. The molecule has 4 heteroatoms. The molecule has 96 valence electrons. The lowest BCUT2D eigenvalue weighted by molar-refractivity contribution is 0.440. The van der Waals surface area contributed by atoms with Crippen LogP contribution in [0.3, 0.4) is 0 Å². The molecule has 0 heterocycles. The Morgan fingerprint density at radius 1 is 1.11 bits per heavy atom. The minimum Gasteiger partial charge on any atom is -0.211 e. The summed E-state index contributed by atoms with van der Waals surface area (Å²) in [5.74, 6) is 1.73. The van der Waals surface area contributed by atoms with Crippen LogP contribution in [-0.4, -0.2) is 15.0 Å². The predicted molar refractivity (Wildman–Crippen MR) is 70.5 cm³/mol. The lowest BCUT2D eigenvalue weighted by atomic mass is 9.94. The van der Waals surface area contributed by atoms with Gasteiger partial charge in [-0.2, -0.15) is 0 Å². The maximum absolute atomic E-state index is 12.1. The van der Waals surface area contributed by atoms with Crippen LogP contribution in [0.5, 0.6) is 0 Å². The number of benzene rings is 1. The topological polar surface area (TPSA) is 46.2 Å². The summed E-state index contributed by atoms with van der Waals surface area (Å²) >= 11 is 0. The van der Waals surface area contributed by atoms with Crippen molar-refractivity contribution >= 4 is 10.0 Å². The summed E-state index contributed by atoms with van der Waals surface area (Å²) in [5.41, 5.74) is 0. The zero-order chi connectivity index (χ0) is 12.6. The van der Waals surface area contributed by atoms with Crippen LogP contribution in [0.15, 0.2) is 47.4 Å². The summed E-state index contributed by atoms with van der Waals surface area (Å²) < 4.78 is 26.9. The molecule has 2 aliphatic rings. The number of nitrogens with one attached hydrogen (secondary N) is 1. The van der Waals surface area contributed by atoms with Gasteiger partial charge in [0, 0.05) is 6.54 Å². The van der Waals surface area contributed by atoms with Gasteiger partial charge in [0.1, 0.15) is 0 Å². The van der Waals surface area contributed by atoms with Crippen LogP contribution in [0, 0.1) is 17.8 Å². The standard InChI is InChI=1S/C14H17NO2S/c16-18(17,14-4-2-1-3-5-14)15-10-13-9-11-6-7-12(13)8-11/h1-7,11-13,15H,8-10H2/t11-,12+,13-/m1/s1. The van der Waals surface area contributed by atoms with Crippen molar-refractivity contribution in [2.75, 3.05) is 6.54 Å². The molecule has 3 rings (SSSR count). The predicted octanol–water partition coefficient (Wildman–Crippen LogP) is 2.18. The SMILES string of the molecule is O=S(=O)(NC[C@H]1C[C@@H]2C=C[C@H]1C2)c1ccccc1. The van der Waals surface area contributed by atoms with E-state index in [0.29, 0.717) is 29.2 Å². The second-order valence-corrected chi connectivity index (χ2v) is 6.97. The van der Waals surface area contributed by atoms with Crippen LogP contribution in [0.4, 0.5) is 0 Å². The molecule has 0 aliphatic heterocycles. The van der Waals surface area contributed by atoms with Gasteiger partial charge in [-0.25, -0.2) is 13.1 Å². The molecule has 0 unspecified atom stereocenters. The molecule has 1 fully saturated rings. The van der Waals surface area contributed by atoms with Crippen LogP contribution in [0.1, 0.15) is 12.8 Å². The Balaban J connectivity index is 1.65. The zero-order valence-electron chi connectivity index (χ0n) is 10.1. The van der Waals surface area contributed by atoms with Gasteiger partial charge >= 0.3 is 0 Å². The van der Waals surface area contributed by atoms with E-state index in [4.69, 9.17) is 0 Å². The molecule has 0 aromatic heterocycles. The molecule has 0 saturated heterocycles. The normalized spacial score (nSPS) is 29.9. The maximum atomic E-state index is 12.1. The number of rotatable bonds is 4. The van der Waals surface area contributed by atoms with Crippen LogP contribution >= 0.6 is 0 Å². The smallest absolute Gasteiger partial charge is 0.211 e. The van der Waals surface area contributed by atoms with E-state index in [-0.39, 0.29) is 0 Å². The number of hydrogen-bond acceptors (Lipinski definition) is 2. The van der Waals surface area contributed by atoms with E-state index >= 15 is 0 Å². The van der Waals surface area contributed by atoms with Gasteiger partial charge in [-0.1, -0.05) is 30.4 Å². The fourth-order valence-corrected chi connectivity index (χ4v) is 4.14. The van der Waals surface area contributed by atoms with Crippen molar-refractivity contribution in [3.05, 3.63) is 42.5 Å². The highest BCUT2D eigenvalue weighted by molar-refractivity contribution is 7.89. The maximum Gasteiger partial charge on any atom is 0.240 e. The van der Waals surface area contributed by atoms with Crippen molar-refractivity contribution < 1.29 is 8.42 Å². The molecule has 2 aliphatic carbocycles. The van der Waals surface area contributed by atoms with Gasteiger partial charge in [-0.05, 0) is 42.7 Å². The van der Waals surface area contributed by atoms with Crippen molar-refractivity contribution in [2.24, 2.45) is 17.8 Å². The van der Waals surface area contributed by atoms with E-state index < -0.39 is 10.0 Å². The van der Waals surface area contributed by atoms with E-state index in [0.717, 1.165) is 6.42 Å². The molecule has 1 aromatic rings. The first-order valence-corrected chi connectivity index (χ1v) is 7.86. The van der Waals surface area contributed by atoms with Crippen LogP contribution in [0.2, 0.25) is 0 Å². The second-order valence-electron chi connectivity index (χ2n) is 5.21. The first-order valence-electron chi connectivity index (χ1n) is 6.38. The Morgan fingerprint density at radius 3 is 2.50 bits per heavy atom. The van der Waals surface area contributed by atoms with Crippen LogP contribution < -0.4 is 4.72 Å². The van der Waals surface area contributed by atoms with Gasteiger partial charge in [0.2, 0.25) is 10.0 Å². The fraction of sp³-hybridized carbons (Fsp3) is 0.429. The van der Waals surface area contributed by atoms with E-state index in [1.165, 1.54) is 6.42 Å². The van der Waals surface area contributed by atoms with E-state index in [9.17, 15) is 8.42 Å². The summed E-state index contributed by atoms with van der Waals surface area (Å²) in [6.07, 6.45) is 6.85. The summed E-state index contributed by atoms with van der Waals surface area (Å²) in [4.78, 5) is 0.351. The largest absolute Gasteiger partial charge is 0.240 e. The molecular formula is C14H17NO2S. The molecule has 0 amide bonds. The average molecular weight is 263 g/mol. The summed E-state index contributed by atoms with van der Waals surface area (Å²) in [7, 11) is -3.34. The summed E-state index contributed by atoms with van der Waals surface area (Å²) in [6, 6.07) is 8.56. The van der Waals surface area contributed by atoms with E-state index in [1.54, 1.807) is 24.3 Å². The van der Waals surface area contributed by atoms with Gasteiger partial charge in [0.15, 0.2) is 0 Å². The van der Waals surface area contributed by atoms with Crippen molar-refractivity contribution in [1.82, 2.24) is 4.72 Å². The van der Waals surface area contributed by atoms with E-state index in [2.05, 4.69) is 16.9 Å². The van der Waals surface area contributed by atoms with E-state index in [1.807, 2.05) is 6.07 Å². The molecule has 0 radical (unpaired) electrons. The molecular weight excluding hydrogens is 246 g/mol. The van der Waals surface area contributed by atoms with Crippen LogP contribution in [-0.2, 0) is 10.0 Å². The van der Waals surface area contributed by atoms with Gasteiger partial charge in [0.05, 0.1) is 4.90 Å². The summed E-state index contributed by atoms with van der Waals surface area (Å²) in [6.45, 7) is 0.558. The number of allylic oxidation sites excluding steroid dienone is 2. The lowest BCUT2D eigenvalue weighted by Crippen LogP contribution is -2.31. The van der Waals surface area contributed by atoms with Gasteiger partial charge in [0.25, 0.3) is 0 Å². The molecule has 1 saturated carbocycles. The van der Waals surface area contributed by atoms with Gasteiger partial charge in [-0.15, -0.1) is 0 Å².